The third-order valence-electron chi connectivity index (χ3n) is 4.02. The van der Waals surface area contributed by atoms with Gasteiger partial charge in [0.2, 0.25) is 0 Å². The largest absolute Gasteiger partial charge is 0.378 e. The second-order valence-electron chi connectivity index (χ2n) is 5.88. The lowest BCUT2D eigenvalue weighted by molar-refractivity contribution is 1.14. The zero-order valence-corrected chi connectivity index (χ0v) is 14.4. The van der Waals surface area contributed by atoms with Crippen molar-refractivity contribution in [1.82, 2.24) is 9.97 Å². The van der Waals surface area contributed by atoms with Gasteiger partial charge < -0.3 is 4.90 Å². The van der Waals surface area contributed by atoms with Gasteiger partial charge in [-0.2, -0.15) is 0 Å². The average Bonchev–Trinajstić information content (AvgIpc) is 3.06. The van der Waals surface area contributed by atoms with Crippen LogP contribution in [0.25, 0.3) is 31.9 Å². The minimum absolute atomic E-state index is 1.05. The number of pyridine rings is 1. The number of anilines is 1. The zero-order valence-electron chi connectivity index (χ0n) is 13.6. The second kappa shape index (κ2) is 6.06. The Bertz CT molecular complexity index is 973. The first-order chi connectivity index (χ1) is 11.7. The van der Waals surface area contributed by atoms with Crippen LogP contribution in [0, 0.1) is 0 Å². The molecular weight excluding hydrogens is 314 g/mol. The number of thiazole rings is 1. The Morgan fingerprint density at radius 1 is 0.875 bits per heavy atom. The standard InChI is InChI=1S/C20H17N3S/c1-23(2)17-9-10-18-19(12-17)24-20(22-18)15-7-5-14(6-8-15)16-4-3-11-21-13-16/h3-13H,1-2H3. The highest BCUT2D eigenvalue weighted by Gasteiger charge is 2.08. The van der Waals surface area contributed by atoms with Crippen LogP contribution in [0.2, 0.25) is 0 Å². The van der Waals surface area contributed by atoms with Crippen LogP contribution >= 0.6 is 11.3 Å². The van der Waals surface area contributed by atoms with Gasteiger partial charge in [0, 0.05) is 37.7 Å². The van der Waals surface area contributed by atoms with Crippen LogP contribution in [0.3, 0.4) is 0 Å². The number of fused-ring (bicyclic) bond motifs is 1. The molecule has 0 N–H and O–H groups in total. The van der Waals surface area contributed by atoms with Crippen molar-refractivity contribution < 1.29 is 0 Å². The van der Waals surface area contributed by atoms with Gasteiger partial charge in [0.15, 0.2) is 0 Å². The lowest BCUT2D eigenvalue weighted by Gasteiger charge is -2.11. The summed E-state index contributed by atoms with van der Waals surface area (Å²) in [6, 6.07) is 18.9. The van der Waals surface area contributed by atoms with E-state index in [1.807, 2.05) is 12.3 Å². The lowest BCUT2D eigenvalue weighted by Crippen LogP contribution is -2.07. The SMILES string of the molecule is CN(C)c1ccc2nc(-c3ccc(-c4cccnc4)cc3)sc2c1. The minimum atomic E-state index is 1.05. The number of nitrogens with zero attached hydrogens (tertiary/aromatic N) is 3. The summed E-state index contributed by atoms with van der Waals surface area (Å²) in [5, 5.41) is 1.05. The highest BCUT2D eigenvalue weighted by Crippen LogP contribution is 2.33. The first-order valence-electron chi connectivity index (χ1n) is 7.79. The van der Waals surface area contributed by atoms with Gasteiger partial charge in [-0.05, 0) is 35.4 Å². The molecule has 0 radical (unpaired) electrons. The molecule has 24 heavy (non-hydrogen) atoms. The summed E-state index contributed by atoms with van der Waals surface area (Å²) in [5.41, 5.74) is 5.70. The summed E-state index contributed by atoms with van der Waals surface area (Å²) >= 11 is 1.73. The predicted octanol–water partition coefficient (Wildman–Crippen LogP) is 5.09. The molecule has 3 nitrogen and oxygen atoms in total. The smallest absolute Gasteiger partial charge is 0.124 e. The maximum absolute atomic E-state index is 4.77. The van der Waals surface area contributed by atoms with Gasteiger partial charge in [-0.3, -0.25) is 4.98 Å². The molecule has 118 valence electrons. The van der Waals surface area contributed by atoms with Crippen LogP contribution in [-0.4, -0.2) is 24.1 Å². The van der Waals surface area contributed by atoms with E-state index in [1.165, 1.54) is 16.0 Å². The molecule has 4 rings (SSSR count). The fourth-order valence-electron chi connectivity index (χ4n) is 2.65. The van der Waals surface area contributed by atoms with Gasteiger partial charge in [0.25, 0.3) is 0 Å². The maximum Gasteiger partial charge on any atom is 0.124 e. The van der Waals surface area contributed by atoms with E-state index in [9.17, 15) is 0 Å². The van der Waals surface area contributed by atoms with Gasteiger partial charge in [0.1, 0.15) is 5.01 Å². The summed E-state index contributed by atoms with van der Waals surface area (Å²) in [5.74, 6) is 0. The first-order valence-corrected chi connectivity index (χ1v) is 8.61. The summed E-state index contributed by atoms with van der Waals surface area (Å²) in [7, 11) is 4.11. The van der Waals surface area contributed by atoms with Crippen molar-refractivity contribution in [3.8, 4) is 21.7 Å². The van der Waals surface area contributed by atoms with Crippen LogP contribution in [0.4, 0.5) is 5.69 Å². The molecule has 0 aliphatic rings. The van der Waals surface area contributed by atoms with E-state index >= 15 is 0 Å². The fraction of sp³-hybridized carbons (Fsp3) is 0.100. The molecule has 0 saturated heterocycles. The topological polar surface area (TPSA) is 29.0 Å². The highest BCUT2D eigenvalue weighted by atomic mass is 32.1. The van der Waals surface area contributed by atoms with Crippen molar-refractivity contribution in [2.45, 2.75) is 0 Å². The molecule has 0 aliphatic carbocycles. The minimum Gasteiger partial charge on any atom is -0.378 e. The molecule has 0 atom stereocenters. The Morgan fingerprint density at radius 2 is 1.67 bits per heavy atom. The summed E-state index contributed by atoms with van der Waals surface area (Å²) in [4.78, 5) is 11.1. The van der Waals surface area contributed by atoms with Crippen LogP contribution in [0.1, 0.15) is 0 Å². The number of benzene rings is 2. The van der Waals surface area contributed by atoms with Crippen molar-refractivity contribution in [3.05, 3.63) is 67.0 Å². The summed E-state index contributed by atoms with van der Waals surface area (Å²) in [6.07, 6.45) is 3.68. The molecule has 0 aliphatic heterocycles. The zero-order chi connectivity index (χ0) is 16.5. The number of hydrogen-bond donors (Lipinski definition) is 0. The van der Waals surface area contributed by atoms with Crippen molar-refractivity contribution in [2.75, 3.05) is 19.0 Å². The molecule has 0 amide bonds. The van der Waals surface area contributed by atoms with Gasteiger partial charge in [-0.1, -0.05) is 30.3 Å². The third kappa shape index (κ3) is 2.76. The van der Waals surface area contributed by atoms with Crippen LogP contribution in [-0.2, 0) is 0 Å². The third-order valence-corrected chi connectivity index (χ3v) is 5.08. The fourth-order valence-corrected chi connectivity index (χ4v) is 3.66. The molecule has 4 heteroatoms. The molecule has 2 heterocycles. The first kappa shape index (κ1) is 14.8. The van der Waals surface area contributed by atoms with E-state index in [0.29, 0.717) is 0 Å². The normalized spacial score (nSPS) is 10.9. The monoisotopic (exact) mass is 331 g/mol. The van der Waals surface area contributed by atoms with Crippen molar-refractivity contribution >= 4 is 27.2 Å². The molecule has 0 saturated carbocycles. The molecular formula is C20H17N3S. The van der Waals surface area contributed by atoms with Crippen molar-refractivity contribution in [1.29, 1.82) is 0 Å². The van der Waals surface area contributed by atoms with Crippen LogP contribution in [0.5, 0.6) is 0 Å². The van der Waals surface area contributed by atoms with E-state index in [1.54, 1.807) is 17.5 Å². The number of rotatable bonds is 3. The second-order valence-corrected chi connectivity index (χ2v) is 6.92. The van der Waals surface area contributed by atoms with Gasteiger partial charge in [0.05, 0.1) is 10.2 Å². The van der Waals surface area contributed by atoms with E-state index in [0.717, 1.165) is 21.7 Å². The van der Waals surface area contributed by atoms with E-state index in [2.05, 4.69) is 72.5 Å². The lowest BCUT2D eigenvalue weighted by atomic mass is 10.1. The molecule has 0 spiro atoms. The van der Waals surface area contributed by atoms with Gasteiger partial charge in [-0.15, -0.1) is 11.3 Å². The number of aromatic nitrogens is 2. The Kier molecular flexibility index (Phi) is 3.75. The Hall–Kier alpha value is -2.72. The molecule has 0 fully saturated rings. The highest BCUT2D eigenvalue weighted by molar-refractivity contribution is 7.21. The molecule has 2 aromatic heterocycles. The molecule has 4 aromatic rings. The van der Waals surface area contributed by atoms with Crippen molar-refractivity contribution in [3.63, 3.8) is 0 Å². The summed E-state index contributed by atoms with van der Waals surface area (Å²) < 4.78 is 1.22. The van der Waals surface area contributed by atoms with Gasteiger partial charge >= 0.3 is 0 Å². The van der Waals surface area contributed by atoms with Crippen LogP contribution in [0.15, 0.2) is 67.0 Å². The molecule has 0 bridgehead atoms. The molecule has 2 aromatic carbocycles. The van der Waals surface area contributed by atoms with Crippen LogP contribution < -0.4 is 4.90 Å². The van der Waals surface area contributed by atoms with Crippen molar-refractivity contribution in [2.24, 2.45) is 0 Å². The number of hydrogen-bond acceptors (Lipinski definition) is 4. The van der Waals surface area contributed by atoms with E-state index in [-0.39, 0.29) is 0 Å². The van der Waals surface area contributed by atoms with E-state index in [4.69, 9.17) is 4.98 Å². The maximum atomic E-state index is 4.77. The predicted molar refractivity (Wildman–Crippen MR) is 103 cm³/mol. The molecule has 0 unspecified atom stereocenters. The Balaban J connectivity index is 1.69. The van der Waals surface area contributed by atoms with E-state index < -0.39 is 0 Å². The quantitative estimate of drug-likeness (QED) is 0.523. The Labute approximate surface area is 145 Å². The Morgan fingerprint density at radius 3 is 2.38 bits per heavy atom. The average molecular weight is 331 g/mol. The van der Waals surface area contributed by atoms with Gasteiger partial charge in [-0.25, -0.2) is 4.98 Å². The summed E-state index contributed by atoms with van der Waals surface area (Å²) in [6.45, 7) is 0.